The quantitative estimate of drug-likeness (QED) is 0.429. The summed E-state index contributed by atoms with van der Waals surface area (Å²) in [6.45, 7) is 3.34. The molecule has 1 saturated heterocycles. The van der Waals surface area contributed by atoms with Crippen molar-refractivity contribution in [1.82, 2.24) is 9.88 Å². The van der Waals surface area contributed by atoms with Crippen molar-refractivity contribution in [2.75, 3.05) is 19.6 Å². The van der Waals surface area contributed by atoms with Crippen LogP contribution in [0, 0.1) is 0 Å². The normalized spacial score (nSPS) is 15.7. The smallest absolute Gasteiger partial charge is 0.119 e. The minimum atomic E-state index is 0.325. The molecule has 2 aromatic carbocycles. The van der Waals surface area contributed by atoms with Gasteiger partial charge in [0, 0.05) is 36.7 Å². The number of para-hydroxylation sites is 1. The minimum absolute atomic E-state index is 0.325. The van der Waals surface area contributed by atoms with E-state index in [2.05, 4.69) is 81.4 Å². The van der Waals surface area contributed by atoms with Crippen LogP contribution in [0.15, 0.2) is 71.6 Å². The molecule has 1 fully saturated rings. The van der Waals surface area contributed by atoms with Crippen LogP contribution >= 0.6 is 11.3 Å². The number of aromatic amines is 1. The summed E-state index contributed by atoms with van der Waals surface area (Å²) in [5.41, 5.74) is 5.19. The van der Waals surface area contributed by atoms with Crippen LogP contribution in [0.1, 0.15) is 18.4 Å². The number of nitrogens with zero attached hydrogens (tertiary/aromatic N) is 1. The largest absolute Gasteiger partial charge is 0.490 e. The van der Waals surface area contributed by atoms with Crippen molar-refractivity contribution in [2.45, 2.75) is 25.4 Å². The van der Waals surface area contributed by atoms with Gasteiger partial charge in [0.15, 0.2) is 0 Å². The Bertz CT molecular complexity index is 1040. The molecule has 0 aliphatic carbocycles. The first kappa shape index (κ1) is 18.5. The predicted octanol–water partition coefficient (Wildman–Crippen LogP) is 5.98. The number of ether oxygens (including phenoxy) is 1. The van der Waals surface area contributed by atoms with Crippen LogP contribution in [-0.2, 0) is 6.42 Å². The molecule has 1 N–H and O–H groups in total. The molecule has 0 amide bonds. The van der Waals surface area contributed by atoms with Gasteiger partial charge in [-0.15, -0.1) is 0 Å². The first-order chi connectivity index (χ1) is 14.3. The second-order valence-corrected chi connectivity index (χ2v) is 8.58. The Kier molecular flexibility index (Phi) is 5.37. The lowest BCUT2D eigenvalue weighted by molar-refractivity contribution is 0.101. The van der Waals surface area contributed by atoms with E-state index in [0.717, 1.165) is 44.6 Å². The molecular formula is C25H26N2OS. The Morgan fingerprint density at radius 2 is 1.79 bits per heavy atom. The van der Waals surface area contributed by atoms with Crippen LogP contribution in [0.25, 0.3) is 22.0 Å². The average molecular weight is 403 g/mol. The number of hydrogen-bond acceptors (Lipinski definition) is 3. The van der Waals surface area contributed by atoms with E-state index >= 15 is 0 Å². The number of nitrogens with one attached hydrogen (secondary N) is 1. The number of fused-ring (bicyclic) bond motifs is 1. The molecule has 5 rings (SSSR count). The lowest BCUT2D eigenvalue weighted by Crippen LogP contribution is -2.39. The lowest BCUT2D eigenvalue weighted by Gasteiger charge is -2.32. The van der Waals surface area contributed by atoms with Crippen molar-refractivity contribution in [3.05, 3.63) is 77.1 Å². The number of benzene rings is 2. The van der Waals surface area contributed by atoms with Crippen LogP contribution in [-0.4, -0.2) is 35.6 Å². The minimum Gasteiger partial charge on any atom is -0.490 e. The number of thiophene rings is 1. The highest BCUT2D eigenvalue weighted by Gasteiger charge is 2.20. The second kappa shape index (κ2) is 8.44. The molecule has 4 heteroatoms. The Hall–Kier alpha value is -2.56. The van der Waals surface area contributed by atoms with Crippen LogP contribution in [0.4, 0.5) is 0 Å². The van der Waals surface area contributed by atoms with Crippen molar-refractivity contribution in [3.8, 4) is 16.9 Å². The average Bonchev–Trinajstić information content (AvgIpc) is 3.44. The first-order valence-electron chi connectivity index (χ1n) is 10.4. The van der Waals surface area contributed by atoms with E-state index < -0.39 is 0 Å². The summed E-state index contributed by atoms with van der Waals surface area (Å²) in [4.78, 5) is 5.96. The van der Waals surface area contributed by atoms with Gasteiger partial charge in [-0.25, -0.2) is 0 Å². The van der Waals surface area contributed by atoms with Gasteiger partial charge in [0.05, 0.1) is 0 Å². The van der Waals surface area contributed by atoms with Gasteiger partial charge in [-0.05, 0) is 71.0 Å². The SMILES string of the molecule is c1ccc2c(CCN3CCC(Oc4ccc(-c5ccsc5)cc4)CC3)c[nH]c2c1. The fourth-order valence-electron chi connectivity index (χ4n) is 4.21. The maximum absolute atomic E-state index is 6.25. The van der Waals surface area contributed by atoms with E-state index in [-0.39, 0.29) is 0 Å². The standard InChI is InChI=1S/C25H26N2OS/c1-2-4-25-24(3-1)20(17-26-25)9-13-27-14-10-23(11-15-27)28-22-7-5-19(6-8-22)21-12-16-29-18-21/h1-8,12,16-18,23,26H,9-11,13-15H2. The molecular weight excluding hydrogens is 376 g/mol. The first-order valence-corrected chi connectivity index (χ1v) is 11.4. The van der Waals surface area contributed by atoms with E-state index in [1.807, 2.05) is 0 Å². The van der Waals surface area contributed by atoms with E-state index in [1.165, 1.54) is 27.6 Å². The molecule has 0 radical (unpaired) electrons. The Balaban J connectivity index is 1.11. The highest BCUT2D eigenvalue weighted by molar-refractivity contribution is 7.08. The fraction of sp³-hybridized carbons (Fsp3) is 0.280. The number of rotatable bonds is 6. The molecule has 148 valence electrons. The number of aromatic nitrogens is 1. The van der Waals surface area contributed by atoms with Gasteiger partial charge in [-0.3, -0.25) is 0 Å². The van der Waals surface area contributed by atoms with Gasteiger partial charge >= 0.3 is 0 Å². The van der Waals surface area contributed by atoms with Crippen LogP contribution in [0.5, 0.6) is 5.75 Å². The Morgan fingerprint density at radius 3 is 2.59 bits per heavy atom. The number of piperidine rings is 1. The number of H-pyrrole nitrogens is 1. The third-order valence-electron chi connectivity index (χ3n) is 5.92. The van der Waals surface area contributed by atoms with Crippen molar-refractivity contribution in [3.63, 3.8) is 0 Å². The summed E-state index contributed by atoms with van der Waals surface area (Å²) >= 11 is 1.73. The van der Waals surface area contributed by atoms with Gasteiger partial charge in [0.2, 0.25) is 0 Å². The number of likely N-dealkylation sites (tertiary alicyclic amines) is 1. The topological polar surface area (TPSA) is 28.3 Å². The maximum atomic E-state index is 6.25. The van der Waals surface area contributed by atoms with Crippen molar-refractivity contribution in [1.29, 1.82) is 0 Å². The summed E-state index contributed by atoms with van der Waals surface area (Å²) in [5.74, 6) is 0.987. The van der Waals surface area contributed by atoms with E-state index in [9.17, 15) is 0 Å². The van der Waals surface area contributed by atoms with Crippen molar-refractivity contribution in [2.24, 2.45) is 0 Å². The highest BCUT2D eigenvalue weighted by atomic mass is 32.1. The molecule has 0 atom stereocenters. The maximum Gasteiger partial charge on any atom is 0.119 e. The molecule has 1 aliphatic rings. The molecule has 0 saturated carbocycles. The molecule has 0 spiro atoms. The van der Waals surface area contributed by atoms with E-state index in [4.69, 9.17) is 4.74 Å². The molecule has 29 heavy (non-hydrogen) atoms. The lowest BCUT2D eigenvalue weighted by atomic mass is 10.1. The third-order valence-corrected chi connectivity index (χ3v) is 6.60. The Labute approximate surface area is 175 Å². The molecule has 4 aromatic rings. The molecule has 1 aliphatic heterocycles. The van der Waals surface area contributed by atoms with Gasteiger partial charge in [-0.1, -0.05) is 30.3 Å². The predicted molar refractivity (Wildman–Crippen MR) is 122 cm³/mol. The molecule has 0 unspecified atom stereocenters. The molecule has 0 bridgehead atoms. The highest BCUT2D eigenvalue weighted by Crippen LogP contribution is 2.26. The van der Waals surface area contributed by atoms with E-state index in [0.29, 0.717) is 6.10 Å². The Morgan fingerprint density at radius 1 is 0.966 bits per heavy atom. The van der Waals surface area contributed by atoms with Gasteiger partial charge in [-0.2, -0.15) is 11.3 Å². The summed E-state index contributed by atoms with van der Waals surface area (Å²) in [7, 11) is 0. The second-order valence-electron chi connectivity index (χ2n) is 7.80. The third kappa shape index (κ3) is 4.24. The van der Waals surface area contributed by atoms with Crippen LogP contribution in [0.3, 0.4) is 0 Å². The summed E-state index contributed by atoms with van der Waals surface area (Å²) in [6.07, 6.45) is 5.78. The zero-order valence-electron chi connectivity index (χ0n) is 16.5. The van der Waals surface area contributed by atoms with Crippen molar-refractivity contribution >= 4 is 22.2 Å². The molecule has 2 aromatic heterocycles. The zero-order valence-corrected chi connectivity index (χ0v) is 17.3. The monoisotopic (exact) mass is 402 g/mol. The molecule has 3 nitrogen and oxygen atoms in total. The van der Waals surface area contributed by atoms with Crippen molar-refractivity contribution < 1.29 is 4.74 Å². The fourth-order valence-corrected chi connectivity index (χ4v) is 4.88. The zero-order chi connectivity index (χ0) is 19.5. The summed E-state index contributed by atoms with van der Waals surface area (Å²) in [6, 6.07) is 19.3. The van der Waals surface area contributed by atoms with Gasteiger partial charge < -0.3 is 14.6 Å². The van der Waals surface area contributed by atoms with Crippen LogP contribution < -0.4 is 4.74 Å². The molecule has 3 heterocycles. The summed E-state index contributed by atoms with van der Waals surface area (Å²) < 4.78 is 6.25. The number of hydrogen-bond donors (Lipinski definition) is 1. The summed E-state index contributed by atoms with van der Waals surface area (Å²) in [5, 5.41) is 5.66. The van der Waals surface area contributed by atoms with Gasteiger partial charge in [0.25, 0.3) is 0 Å². The van der Waals surface area contributed by atoms with E-state index in [1.54, 1.807) is 11.3 Å². The van der Waals surface area contributed by atoms with Crippen LogP contribution in [0.2, 0.25) is 0 Å². The van der Waals surface area contributed by atoms with Gasteiger partial charge in [0.1, 0.15) is 11.9 Å².